The molecule has 6 heteroatoms. The third-order valence-electron chi connectivity index (χ3n) is 1.02. The summed E-state index contributed by atoms with van der Waals surface area (Å²) in [5, 5.41) is 6.77. The summed E-state index contributed by atoms with van der Waals surface area (Å²) in [5.74, 6) is 0. The highest BCUT2D eigenvalue weighted by molar-refractivity contribution is 5.61. The lowest BCUT2D eigenvalue weighted by Crippen LogP contribution is -2.04. The van der Waals surface area contributed by atoms with Crippen molar-refractivity contribution >= 4 is 11.3 Å². The van der Waals surface area contributed by atoms with E-state index in [1.54, 1.807) is 0 Å². The van der Waals surface area contributed by atoms with Crippen molar-refractivity contribution in [2.75, 3.05) is 0 Å². The Morgan fingerprint density at radius 1 is 1.50 bits per heavy atom. The van der Waals surface area contributed by atoms with Crippen molar-refractivity contribution in [2.24, 2.45) is 0 Å². The van der Waals surface area contributed by atoms with E-state index in [1.807, 2.05) is 0 Å². The van der Waals surface area contributed by atoms with Crippen LogP contribution in [0.2, 0.25) is 0 Å². The van der Waals surface area contributed by atoms with Crippen molar-refractivity contribution in [3.8, 4) is 0 Å². The summed E-state index contributed by atoms with van der Waals surface area (Å²) in [7, 11) is 0. The fourth-order valence-electron chi connectivity index (χ4n) is 0.616. The molecule has 0 fully saturated rings. The monoisotopic (exact) mass is 138 g/mol. The summed E-state index contributed by atoms with van der Waals surface area (Å²) in [6.45, 7) is 0. The van der Waals surface area contributed by atoms with Gasteiger partial charge in [0, 0.05) is 0 Å². The van der Waals surface area contributed by atoms with E-state index in [9.17, 15) is 4.79 Å². The predicted molar refractivity (Wildman–Crippen MR) is 30.2 cm³/mol. The van der Waals surface area contributed by atoms with Gasteiger partial charge >= 0.3 is 0 Å². The van der Waals surface area contributed by atoms with Crippen molar-refractivity contribution in [1.29, 1.82) is 0 Å². The Morgan fingerprint density at radius 2 is 2.40 bits per heavy atom. The minimum absolute atomic E-state index is 0.271. The molecule has 6 nitrogen and oxygen atoms in total. The lowest BCUT2D eigenvalue weighted by atomic mass is 10.7. The zero-order valence-corrected chi connectivity index (χ0v) is 4.74. The van der Waals surface area contributed by atoms with Crippen LogP contribution in [0.25, 0.3) is 11.3 Å². The molecule has 0 saturated heterocycles. The van der Waals surface area contributed by atoms with Gasteiger partial charge in [-0.2, -0.15) is 0 Å². The molecule has 2 aromatic rings. The largest absolute Gasteiger partial charge is 0.300 e. The number of aromatic amines is 1. The number of H-pyrrole nitrogens is 1. The van der Waals surface area contributed by atoms with E-state index < -0.39 is 0 Å². The van der Waals surface area contributed by atoms with Crippen molar-refractivity contribution < 1.29 is 4.63 Å². The highest BCUT2D eigenvalue weighted by Gasteiger charge is 1.98. The minimum Gasteiger partial charge on any atom is -0.300 e. The first-order valence-corrected chi connectivity index (χ1v) is 2.54. The van der Waals surface area contributed by atoms with E-state index >= 15 is 0 Å². The van der Waals surface area contributed by atoms with Crippen LogP contribution in [-0.4, -0.2) is 20.3 Å². The molecule has 0 atom stereocenters. The highest BCUT2D eigenvalue weighted by Crippen LogP contribution is 1.94. The average Bonchev–Trinajstić information content (AvgIpc) is 2.33. The standard InChI is InChI=1S/C4H2N4O2/c9-2-1-5-3-4(6-2)8-10-7-3/h1H,(H,6,8,9). The molecule has 1 N–H and O–H groups in total. The van der Waals surface area contributed by atoms with Gasteiger partial charge in [0.15, 0.2) is 0 Å². The van der Waals surface area contributed by atoms with Crippen LogP contribution >= 0.6 is 0 Å². The fraction of sp³-hybridized carbons (Fsp3) is 0. The van der Waals surface area contributed by atoms with Crippen molar-refractivity contribution in [3.63, 3.8) is 0 Å². The van der Waals surface area contributed by atoms with Crippen LogP contribution in [0.5, 0.6) is 0 Å². The van der Waals surface area contributed by atoms with Gasteiger partial charge in [-0.25, -0.2) is 9.61 Å². The van der Waals surface area contributed by atoms with Gasteiger partial charge in [-0.1, -0.05) is 0 Å². The van der Waals surface area contributed by atoms with E-state index in [-0.39, 0.29) is 11.2 Å². The first kappa shape index (κ1) is 5.10. The number of aromatic nitrogens is 4. The SMILES string of the molecule is O=c1cnc2nonc2[nH]1. The maximum absolute atomic E-state index is 10.6. The number of fused-ring (bicyclic) bond motifs is 1. The molecule has 2 heterocycles. The number of nitrogens with one attached hydrogen (secondary N) is 1. The summed E-state index contributed by atoms with van der Waals surface area (Å²) < 4.78 is 4.29. The molecule has 0 radical (unpaired) electrons. The van der Waals surface area contributed by atoms with E-state index in [2.05, 4.69) is 24.9 Å². The molecule has 0 aliphatic heterocycles. The van der Waals surface area contributed by atoms with E-state index in [1.165, 1.54) is 0 Å². The Bertz CT molecular complexity index is 403. The van der Waals surface area contributed by atoms with Crippen LogP contribution in [-0.2, 0) is 0 Å². The van der Waals surface area contributed by atoms with E-state index in [0.29, 0.717) is 5.65 Å². The quantitative estimate of drug-likeness (QED) is 0.520. The Labute approximate surface area is 53.9 Å². The minimum atomic E-state index is -0.316. The highest BCUT2D eigenvalue weighted by atomic mass is 16.6. The van der Waals surface area contributed by atoms with Gasteiger partial charge in [-0.05, 0) is 10.3 Å². The molecule has 0 aliphatic carbocycles. The molecule has 2 rings (SSSR count). The predicted octanol–water partition coefficient (Wildman–Crippen LogP) is -0.694. The lowest BCUT2D eigenvalue weighted by molar-refractivity contribution is 0.314. The Morgan fingerprint density at radius 3 is 3.30 bits per heavy atom. The molecule has 0 bridgehead atoms. The molecule has 10 heavy (non-hydrogen) atoms. The van der Waals surface area contributed by atoms with Crippen LogP contribution in [0.1, 0.15) is 0 Å². The molecule has 0 unspecified atom stereocenters. The molecule has 0 aromatic carbocycles. The van der Waals surface area contributed by atoms with Gasteiger partial charge in [0.1, 0.15) is 0 Å². The number of hydrogen-bond donors (Lipinski definition) is 1. The summed E-state index contributed by atoms with van der Waals surface area (Å²) >= 11 is 0. The van der Waals surface area contributed by atoms with Gasteiger partial charge in [-0.15, -0.1) is 0 Å². The Hall–Kier alpha value is -1.72. The molecular weight excluding hydrogens is 136 g/mol. The van der Waals surface area contributed by atoms with E-state index in [4.69, 9.17) is 0 Å². The van der Waals surface area contributed by atoms with Gasteiger partial charge in [0.05, 0.1) is 6.20 Å². The maximum Gasteiger partial charge on any atom is 0.268 e. The number of nitrogens with zero attached hydrogens (tertiary/aromatic N) is 3. The zero-order valence-electron chi connectivity index (χ0n) is 4.74. The smallest absolute Gasteiger partial charge is 0.268 e. The van der Waals surface area contributed by atoms with Gasteiger partial charge in [-0.3, -0.25) is 9.78 Å². The van der Waals surface area contributed by atoms with Crippen LogP contribution < -0.4 is 5.56 Å². The molecule has 0 aliphatic rings. The van der Waals surface area contributed by atoms with Gasteiger partial charge in [0.2, 0.25) is 11.3 Å². The third-order valence-corrected chi connectivity index (χ3v) is 1.02. The number of rotatable bonds is 0. The molecule has 0 spiro atoms. The maximum atomic E-state index is 10.6. The second-order valence-corrected chi connectivity index (χ2v) is 1.68. The lowest BCUT2D eigenvalue weighted by Gasteiger charge is -1.77. The summed E-state index contributed by atoms with van der Waals surface area (Å²) in [4.78, 5) is 16.6. The zero-order chi connectivity index (χ0) is 6.97. The third kappa shape index (κ3) is 0.586. The Kier molecular flexibility index (Phi) is 0.830. The Balaban J connectivity index is 2.99. The average molecular weight is 138 g/mol. The summed E-state index contributed by atoms with van der Waals surface area (Å²) in [5.41, 5.74) is 0.260. The molecule has 0 saturated carbocycles. The molecule has 2 aromatic heterocycles. The second kappa shape index (κ2) is 1.63. The van der Waals surface area contributed by atoms with Crippen LogP contribution in [0, 0.1) is 0 Å². The van der Waals surface area contributed by atoms with Crippen LogP contribution in [0.15, 0.2) is 15.6 Å². The molecule has 0 amide bonds. The van der Waals surface area contributed by atoms with Gasteiger partial charge < -0.3 is 0 Å². The van der Waals surface area contributed by atoms with Crippen molar-refractivity contribution in [3.05, 3.63) is 16.6 Å². The van der Waals surface area contributed by atoms with Crippen LogP contribution in [0.3, 0.4) is 0 Å². The first-order chi connectivity index (χ1) is 4.86. The fourth-order valence-corrected chi connectivity index (χ4v) is 0.616. The van der Waals surface area contributed by atoms with E-state index in [0.717, 1.165) is 6.20 Å². The molecular formula is C4H2N4O2. The summed E-state index contributed by atoms with van der Waals surface area (Å²) in [6.07, 6.45) is 1.12. The van der Waals surface area contributed by atoms with Crippen LogP contribution in [0.4, 0.5) is 0 Å². The first-order valence-electron chi connectivity index (χ1n) is 2.54. The molecule has 50 valence electrons. The van der Waals surface area contributed by atoms with Crippen molar-refractivity contribution in [2.45, 2.75) is 0 Å². The topological polar surface area (TPSA) is 84.7 Å². The van der Waals surface area contributed by atoms with Crippen molar-refractivity contribution in [1.82, 2.24) is 20.3 Å². The summed E-state index contributed by atoms with van der Waals surface area (Å²) in [6, 6.07) is 0. The normalized spacial score (nSPS) is 10.4. The number of hydrogen-bond acceptors (Lipinski definition) is 5. The van der Waals surface area contributed by atoms with Gasteiger partial charge in [0.25, 0.3) is 5.56 Å². The second-order valence-electron chi connectivity index (χ2n) is 1.68.